The quantitative estimate of drug-likeness (QED) is 0.181. The number of hydrogen-bond acceptors (Lipinski definition) is 8. The molecule has 1 unspecified atom stereocenters. The van der Waals surface area contributed by atoms with Crippen molar-refractivity contribution in [3.8, 4) is 11.5 Å². The first-order chi connectivity index (χ1) is 23.7. The second kappa shape index (κ2) is 13.7. The van der Waals surface area contributed by atoms with E-state index in [1.165, 1.54) is 24.1 Å². The van der Waals surface area contributed by atoms with Crippen LogP contribution in [-0.4, -0.2) is 74.3 Å². The molecule has 1 saturated heterocycles. The summed E-state index contributed by atoms with van der Waals surface area (Å²) in [6.07, 6.45) is -3.24. The van der Waals surface area contributed by atoms with Crippen LogP contribution in [-0.2, 0) is 24.6 Å². The molecule has 2 heterocycles. The van der Waals surface area contributed by atoms with Crippen molar-refractivity contribution in [3.63, 3.8) is 0 Å². The van der Waals surface area contributed by atoms with Gasteiger partial charge < -0.3 is 34.2 Å². The molecule has 0 aromatic heterocycles. The summed E-state index contributed by atoms with van der Waals surface area (Å²) in [5.74, 6) is -0.513. The Morgan fingerprint density at radius 1 is 1.00 bits per heavy atom. The Morgan fingerprint density at radius 2 is 1.70 bits per heavy atom. The molecule has 3 aromatic carbocycles. The van der Waals surface area contributed by atoms with Gasteiger partial charge in [-0.15, -0.1) is 13.2 Å². The molecule has 10 nitrogen and oxygen atoms in total. The minimum absolute atomic E-state index is 0.205. The Morgan fingerprint density at radius 3 is 2.34 bits per heavy atom. The SMILES string of the molecule is COc1cc(NC(C(=O)N2CC3(CC3)c3ccc(OC(F)(F)F)cc32)c2ccc(Cl)cc2)cc(C(C)=NOC(C)(C)C(=O)N2CCOCC2)c1. The van der Waals surface area contributed by atoms with Crippen LogP contribution in [0.25, 0.3) is 0 Å². The Kier molecular flexibility index (Phi) is 9.66. The lowest BCUT2D eigenvalue weighted by Crippen LogP contribution is -2.50. The molecule has 266 valence electrons. The second-order valence-corrected chi connectivity index (χ2v) is 13.6. The van der Waals surface area contributed by atoms with Crippen molar-refractivity contribution in [2.24, 2.45) is 5.16 Å². The number of morpholine rings is 1. The number of carbonyl (C=O) groups excluding carboxylic acids is 2. The zero-order chi connectivity index (χ0) is 35.8. The second-order valence-electron chi connectivity index (χ2n) is 13.2. The van der Waals surface area contributed by atoms with E-state index in [1.54, 1.807) is 74.2 Å². The van der Waals surface area contributed by atoms with Gasteiger partial charge >= 0.3 is 6.36 Å². The molecular formula is C36H38ClF3N4O6. The first-order valence-electron chi connectivity index (χ1n) is 16.2. The number of nitrogens with zero attached hydrogens (tertiary/aromatic N) is 3. The highest BCUT2D eigenvalue weighted by atomic mass is 35.5. The number of oxime groups is 1. The van der Waals surface area contributed by atoms with E-state index in [0.29, 0.717) is 71.8 Å². The van der Waals surface area contributed by atoms with Crippen LogP contribution in [0.5, 0.6) is 11.5 Å². The highest BCUT2D eigenvalue weighted by Gasteiger charge is 2.54. The monoisotopic (exact) mass is 714 g/mol. The van der Waals surface area contributed by atoms with E-state index < -0.39 is 23.8 Å². The van der Waals surface area contributed by atoms with Gasteiger partial charge in [-0.2, -0.15) is 0 Å². The molecule has 1 spiro atoms. The van der Waals surface area contributed by atoms with E-state index >= 15 is 0 Å². The number of carbonyl (C=O) groups is 2. The number of benzene rings is 3. The molecule has 2 fully saturated rings. The number of halogens is 4. The maximum Gasteiger partial charge on any atom is 0.573 e. The zero-order valence-corrected chi connectivity index (χ0v) is 28.9. The molecule has 1 N–H and O–H groups in total. The van der Waals surface area contributed by atoms with Crippen molar-refractivity contribution in [3.05, 3.63) is 82.4 Å². The van der Waals surface area contributed by atoms with Gasteiger partial charge in [0.05, 0.1) is 31.7 Å². The third kappa shape index (κ3) is 7.63. The number of alkyl halides is 3. The van der Waals surface area contributed by atoms with Crippen molar-refractivity contribution in [1.29, 1.82) is 0 Å². The van der Waals surface area contributed by atoms with E-state index in [2.05, 4.69) is 15.2 Å². The van der Waals surface area contributed by atoms with E-state index in [4.69, 9.17) is 25.9 Å². The Labute approximate surface area is 293 Å². The average Bonchev–Trinajstić information content (AvgIpc) is 3.81. The van der Waals surface area contributed by atoms with E-state index in [0.717, 1.165) is 18.4 Å². The van der Waals surface area contributed by atoms with Crippen LogP contribution in [0.2, 0.25) is 5.02 Å². The molecule has 2 aliphatic heterocycles. The van der Waals surface area contributed by atoms with Gasteiger partial charge in [0.2, 0.25) is 5.60 Å². The standard InChI is InChI=1S/C36H38ClF3N4O6/c1-22(42-50-34(2,3)33(46)43-13-15-48-16-14-43)24-17-26(19-28(18-24)47-4)41-31(23-5-7-25(37)8-6-23)32(45)44-21-35(11-12-35)29-10-9-27(20-30(29)44)49-36(38,39)40/h5-10,17-20,31,41H,11-16,21H2,1-4H3. The molecule has 3 aromatic rings. The first kappa shape index (κ1) is 35.3. The lowest BCUT2D eigenvalue weighted by molar-refractivity contribution is -0.274. The van der Waals surface area contributed by atoms with Crippen LogP contribution in [0.15, 0.2) is 65.8 Å². The summed E-state index contributed by atoms with van der Waals surface area (Å²) in [5.41, 5.74) is 1.80. The summed E-state index contributed by atoms with van der Waals surface area (Å²) in [4.78, 5) is 36.7. The van der Waals surface area contributed by atoms with Gasteiger partial charge in [-0.1, -0.05) is 35.0 Å². The number of methoxy groups -OCH3 is 1. The lowest BCUT2D eigenvalue weighted by atomic mass is 9.99. The molecule has 1 aliphatic carbocycles. The highest BCUT2D eigenvalue weighted by Crippen LogP contribution is 2.57. The molecule has 14 heteroatoms. The van der Waals surface area contributed by atoms with Gasteiger partial charge in [-0.05, 0) is 75.1 Å². The summed E-state index contributed by atoms with van der Waals surface area (Å²) in [5, 5.41) is 8.11. The zero-order valence-electron chi connectivity index (χ0n) is 28.1. The maximum atomic E-state index is 14.5. The van der Waals surface area contributed by atoms with Gasteiger partial charge in [0.1, 0.15) is 17.5 Å². The normalized spacial score (nSPS) is 17.6. The molecule has 2 amide bonds. The van der Waals surface area contributed by atoms with Gasteiger partial charge in [0.15, 0.2) is 0 Å². The Balaban J connectivity index is 1.30. The molecule has 0 bridgehead atoms. The molecule has 0 radical (unpaired) electrons. The predicted octanol–water partition coefficient (Wildman–Crippen LogP) is 6.86. The molecule has 1 atom stereocenters. The number of fused-ring (bicyclic) bond motifs is 2. The van der Waals surface area contributed by atoms with Crippen LogP contribution >= 0.6 is 11.6 Å². The molecule has 1 saturated carbocycles. The van der Waals surface area contributed by atoms with Crippen LogP contribution in [0.3, 0.4) is 0 Å². The number of hydrogen-bond donors (Lipinski definition) is 1. The summed E-state index contributed by atoms with van der Waals surface area (Å²) < 4.78 is 54.6. The minimum Gasteiger partial charge on any atom is -0.497 e. The average molecular weight is 715 g/mol. The lowest BCUT2D eigenvalue weighted by Gasteiger charge is -2.32. The van der Waals surface area contributed by atoms with Crippen LogP contribution < -0.4 is 19.7 Å². The molecule has 6 rings (SSSR count). The van der Waals surface area contributed by atoms with Gasteiger partial charge in [0, 0.05) is 53.5 Å². The first-order valence-corrected chi connectivity index (χ1v) is 16.6. The Hall–Kier alpha value is -4.49. The molecular weight excluding hydrogens is 677 g/mol. The van der Waals surface area contributed by atoms with E-state index in [1.807, 2.05) is 0 Å². The topological polar surface area (TPSA) is 102 Å². The fraction of sp³-hybridized carbons (Fsp3) is 0.417. The van der Waals surface area contributed by atoms with Gasteiger partial charge in [-0.25, -0.2) is 0 Å². The fourth-order valence-corrected chi connectivity index (χ4v) is 6.45. The van der Waals surface area contributed by atoms with E-state index in [-0.39, 0.29) is 17.2 Å². The van der Waals surface area contributed by atoms with Crippen molar-refractivity contribution >= 4 is 40.5 Å². The smallest absolute Gasteiger partial charge is 0.497 e. The highest BCUT2D eigenvalue weighted by molar-refractivity contribution is 6.30. The summed E-state index contributed by atoms with van der Waals surface area (Å²) >= 11 is 6.19. The van der Waals surface area contributed by atoms with Crippen LogP contribution in [0, 0.1) is 0 Å². The Bertz CT molecular complexity index is 1790. The number of rotatable bonds is 10. The van der Waals surface area contributed by atoms with Crippen LogP contribution in [0.1, 0.15) is 56.3 Å². The minimum atomic E-state index is -4.88. The fourth-order valence-electron chi connectivity index (χ4n) is 6.32. The summed E-state index contributed by atoms with van der Waals surface area (Å²) in [6.45, 7) is 7.23. The largest absolute Gasteiger partial charge is 0.573 e. The predicted molar refractivity (Wildman–Crippen MR) is 182 cm³/mol. The van der Waals surface area contributed by atoms with Crippen molar-refractivity contribution < 1.29 is 41.8 Å². The maximum absolute atomic E-state index is 14.5. The van der Waals surface area contributed by atoms with Crippen molar-refractivity contribution in [1.82, 2.24) is 4.90 Å². The molecule has 3 aliphatic rings. The summed E-state index contributed by atoms with van der Waals surface area (Å²) in [7, 11) is 1.51. The van der Waals surface area contributed by atoms with Crippen molar-refractivity contribution in [2.45, 2.75) is 57.0 Å². The number of ether oxygens (including phenoxy) is 3. The third-order valence-corrected chi connectivity index (χ3v) is 9.44. The summed E-state index contributed by atoms with van der Waals surface area (Å²) in [6, 6.07) is 15.2. The number of amides is 2. The number of nitrogens with one attached hydrogen (secondary N) is 1. The van der Waals surface area contributed by atoms with E-state index in [9.17, 15) is 22.8 Å². The van der Waals surface area contributed by atoms with Crippen molar-refractivity contribution in [2.75, 3.05) is 50.2 Å². The number of anilines is 2. The van der Waals surface area contributed by atoms with Crippen LogP contribution in [0.4, 0.5) is 24.5 Å². The van der Waals surface area contributed by atoms with Gasteiger partial charge in [-0.3, -0.25) is 9.59 Å². The molecule has 50 heavy (non-hydrogen) atoms. The third-order valence-electron chi connectivity index (χ3n) is 9.19. The van der Waals surface area contributed by atoms with Gasteiger partial charge in [0.25, 0.3) is 11.8 Å².